The zero-order chi connectivity index (χ0) is 23.7. The number of benzene rings is 2. The first-order valence-electron chi connectivity index (χ1n) is 11.1. The number of hydrogen-bond acceptors (Lipinski definition) is 3. The van der Waals surface area contributed by atoms with Gasteiger partial charge in [-0.2, -0.15) is 0 Å². The van der Waals surface area contributed by atoms with Crippen molar-refractivity contribution in [3.63, 3.8) is 0 Å². The van der Waals surface area contributed by atoms with Crippen molar-refractivity contribution in [3.05, 3.63) is 113 Å². The third-order valence-electron chi connectivity index (χ3n) is 6.22. The summed E-state index contributed by atoms with van der Waals surface area (Å²) in [5.74, 6) is -0.270. The van der Waals surface area contributed by atoms with Gasteiger partial charge in [-0.15, -0.1) is 0 Å². The van der Waals surface area contributed by atoms with Gasteiger partial charge in [0.15, 0.2) is 0 Å². The molecule has 2 aromatic carbocycles. The maximum atomic E-state index is 14.0. The average Bonchev–Trinajstić information content (AvgIpc) is 3.27. The van der Waals surface area contributed by atoms with E-state index >= 15 is 0 Å². The quantitative estimate of drug-likeness (QED) is 0.132. The SMILES string of the molecule is C=CC(=O)Oc1ccccc1/C(=C(/c1ccc(F)cc1Cl)C1CCC1)c1ccc2nccn2c1. The van der Waals surface area contributed by atoms with Crippen LogP contribution >= 0.6 is 11.6 Å². The van der Waals surface area contributed by atoms with Crippen LogP contribution in [0.1, 0.15) is 36.0 Å². The number of nitrogens with zero attached hydrogens (tertiary/aromatic N) is 2. The molecule has 0 atom stereocenters. The molecule has 1 aliphatic carbocycles. The smallest absolute Gasteiger partial charge is 0.335 e. The Labute approximate surface area is 202 Å². The zero-order valence-electron chi connectivity index (χ0n) is 18.4. The minimum atomic E-state index is -0.540. The molecule has 0 saturated heterocycles. The maximum absolute atomic E-state index is 14.0. The summed E-state index contributed by atoms with van der Waals surface area (Å²) in [5.41, 5.74) is 5.16. The van der Waals surface area contributed by atoms with E-state index in [2.05, 4.69) is 11.6 Å². The van der Waals surface area contributed by atoms with Crippen LogP contribution < -0.4 is 4.74 Å². The van der Waals surface area contributed by atoms with E-state index in [1.165, 1.54) is 12.1 Å². The fourth-order valence-corrected chi connectivity index (χ4v) is 4.67. The molecule has 0 radical (unpaired) electrons. The molecule has 0 N–H and O–H groups in total. The second-order valence-electron chi connectivity index (χ2n) is 8.27. The molecule has 0 bridgehead atoms. The van der Waals surface area contributed by atoms with Crippen molar-refractivity contribution in [1.29, 1.82) is 0 Å². The summed E-state index contributed by atoms with van der Waals surface area (Å²) < 4.78 is 21.5. The highest BCUT2D eigenvalue weighted by Crippen LogP contribution is 2.48. The third-order valence-corrected chi connectivity index (χ3v) is 6.53. The Morgan fingerprint density at radius 3 is 2.71 bits per heavy atom. The first-order chi connectivity index (χ1) is 16.5. The van der Waals surface area contributed by atoms with Gasteiger partial charge in [0.1, 0.15) is 17.2 Å². The molecule has 4 nitrogen and oxygen atoms in total. The van der Waals surface area contributed by atoms with Crippen LogP contribution in [0.2, 0.25) is 5.02 Å². The number of aromatic nitrogens is 2. The van der Waals surface area contributed by atoms with Crippen molar-refractivity contribution in [1.82, 2.24) is 9.38 Å². The largest absolute Gasteiger partial charge is 0.423 e. The number of carbonyl (C=O) groups excluding carboxylic acids is 1. The van der Waals surface area contributed by atoms with Crippen LogP contribution in [0.15, 0.2) is 85.8 Å². The van der Waals surface area contributed by atoms with Crippen molar-refractivity contribution in [2.75, 3.05) is 0 Å². The van der Waals surface area contributed by atoms with Gasteiger partial charge in [0.25, 0.3) is 0 Å². The van der Waals surface area contributed by atoms with Crippen LogP contribution in [0.3, 0.4) is 0 Å². The number of allylic oxidation sites excluding steroid dienone is 1. The minimum Gasteiger partial charge on any atom is -0.423 e. The molecular weight excluding hydrogens is 451 g/mol. The molecule has 5 rings (SSSR count). The minimum absolute atomic E-state index is 0.236. The normalized spacial score (nSPS) is 14.4. The molecule has 34 heavy (non-hydrogen) atoms. The van der Waals surface area contributed by atoms with Crippen molar-refractivity contribution in [2.24, 2.45) is 5.92 Å². The van der Waals surface area contributed by atoms with Gasteiger partial charge >= 0.3 is 5.97 Å². The Balaban J connectivity index is 1.84. The number of imidazole rings is 1. The predicted octanol–water partition coefficient (Wildman–Crippen LogP) is 6.98. The predicted molar refractivity (Wildman–Crippen MR) is 132 cm³/mol. The Morgan fingerprint density at radius 2 is 1.97 bits per heavy atom. The van der Waals surface area contributed by atoms with E-state index in [9.17, 15) is 9.18 Å². The van der Waals surface area contributed by atoms with Crippen molar-refractivity contribution in [3.8, 4) is 5.75 Å². The fourth-order valence-electron chi connectivity index (χ4n) is 4.40. The lowest BCUT2D eigenvalue weighted by Gasteiger charge is -2.32. The topological polar surface area (TPSA) is 43.6 Å². The molecule has 0 amide bonds. The third kappa shape index (κ3) is 4.15. The van der Waals surface area contributed by atoms with Crippen LogP contribution in [-0.2, 0) is 4.79 Å². The lowest BCUT2D eigenvalue weighted by atomic mass is 9.73. The highest BCUT2D eigenvalue weighted by atomic mass is 35.5. The van der Waals surface area contributed by atoms with E-state index in [0.717, 1.165) is 58.8 Å². The summed E-state index contributed by atoms with van der Waals surface area (Å²) in [7, 11) is 0. The average molecular weight is 473 g/mol. The Morgan fingerprint density at radius 1 is 1.15 bits per heavy atom. The molecule has 2 heterocycles. The molecule has 0 unspecified atom stereocenters. The lowest BCUT2D eigenvalue weighted by Crippen LogP contribution is -2.16. The Hall–Kier alpha value is -3.70. The van der Waals surface area contributed by atoms with Crippen LogP contribution in [0.5, 0.6) is 5.75 Å². The summed E-state index contributed by atoms with van der Waals surface area (Å²) in [6.45, 7) is 3.52. The number of fused-ring (bicyclic) bond motifs is 1. The first kappa shape index (κ1) is 22.1. The molecule has 170 valence electrons. The van der Waals surface area contributed by atoms with E-state index in [-0.39, 0.29) is 11.7 Å². The number of rotatable bonds is 6. The molecule has 1 fully saturated rings. The molecule has 1 aliphatic rings. The van der Waals surface area contributed by atoms with Gasteiger partial charge < -0.3 is 9.14 Å². The Bertz CT molecular complexity index is 1440. The van der Waals surface area contributed by atoms with E-state index in [0.29, 0.717) is 10.8 Å². The van der Waals surface area contributed by atoms with Gasteiger partial charge in [0.2, 0.25) is 0 Å². The number of hydrogen-bond donors (Lipinski definition) is 0. The van der Waals surface area contributed by atoms with Crippen LogP contribution in [0, 0.1) is 11.7 Å². The first-order valence-corrected chi connectivity index (χ1v) is 11.5. The van der Waals surface area contributed by atoms with Gasteiger partial charge in [0, 0.05) is 30.2 Å². The molecule has 2 aromatic heterocycles. The fraction of sp³-hybridized carbons (Fsp3) is 0.143. The molecule has 0 spiro atoms. The summed E-state index contributed by atoms with van der Waals surface area (Å²) in [4.78, 5) is 16.5. The number of esters is 1. The number of ether oxygens (including phenoxy) is 1. The number of halogens is 2. The standard InChI is InChI=1S/C28H22ClFN2O2/c1-2-26(33)34-24-9-4-3-8-22(24)28(19-10-13-25-31-14-15-32(25)17-19)27(18-6-5-7-18)21-12-11-20(30)16-23(21)29/h2-4,8-18H,1,5-7H2/b28-27+. The number of carbonyl (C=O) groups is 1. The van der Waals surface area contributed by atoms with Crippen molar-refractivity contribution < 1.29 is 13.9 Å². The molecule has 4 aromatic rings. The summed E-state index contributed by atoms with van der Waals surface area (Å²) in [6, 6.07) is 15.9. The van der Waals surface area contributed by atoms with Gasteiger partial charge in [-0.25, -0.2) is 14.2 Å². The van der Waals surface area contributed by atoms with Gasteiger partial charge in [-0.3, -0.25) is 0 Å². The van der Waals surface area contributed by atoms with E-state index in [1.807, 2.05) is 47.1 Å². The summed E-state index contributed by atoms with van der Waals surface area (Å²) in [6.07, 6.45) is 9.86. The highest BCUT2D eigenvalue weighted by Gasteiger charge is 2.30. The van der Waals surface area contributed by atoms with Crippen LogP contribution in [0.25, 0.3) is 16.8 Å². The van der Waals surface area contributed by atoms with Crippen LogP contribution in [-0.4, -0.2) is 15.4 Å². The van der Waals surface area contributed by atoms with Crippen LogP contribution in [0.4, 0.5) is 4.39 Å². The molecular formula is C28H22ClFN2O2. The number of para-hydroxylation sites is 1. The van der Waals surface area contributed by atoms with Gasteiger partial charge in [-0.05, 0) is 71.4 Å². The molecule has 0 aliphatic heterocycles. The van der Waals surface area contributed by atoms with E-state index < -0.39 is 5.97 Å². The molecule has 1 saturated carbocycles. The summed E-state index contributed by atoms with van der Waals surface area (Å²) in [5, 5.41) is 0.351. The monoisotopic (exact) mass is 472 g/mol. The lowest BCUT2D eigenvalue weighted by molar-refractivity contribution is -0.128. The highest BCUT2D eigenvalue weighted by molar-refractivity contribution is 6.32. The van der Waals surface area contributed by atoms with Gasteiger partial charge in [-0.1, -0.05) is 48.9 Å². The maximum Gasteiger partial charge on any atom is 0.335 e. The van der Waals surface area contributed by atoms with Crippen molar-refractivity contribution in [2.45, 2.75) is 19.3 Å². The van der Waals surface area contributed by atoms with E-state index in [4.69, 9.17) is 16.3 Å². The van der Waals surface area contributed by atoms with Crippen molar-refractivity contribution >= 4 is 34.4 Å². The zero-order valence-corrected chi connectivity index (χ0v) is 19.1. The second-order valence-corrected chi connectivity index (χ2v) is 8.68. The Kier molecular flexibility index (Phi) is 6.03. The summed E-state index contributed by atoms with van der Waals surface area (Å²) >= 11 is 6.60. The van der Waals surface area contributed by atoms with Gasteiger partial charge in [0.05, 0.1) is 5.02 Å². The second kappa shape index (κ2) is 9.27. The van der Waals surface area contributed by atoms with E-state index in [1.54, 1.807) is 18.3 Å². The molecule has 6 heteroatoms. The number of pyridine rings is 1.